The molecule has 0 atom stereocenters. The fourth-order valence-electron chi connectivity index (χ4n) is 4.60. The van der Waals surface area contributed by atoms with Crippen LogP contribution in [0, 0.1) is 16.0 Å². The number of hydrogen-bond donors (Lipinski definition) is 1. The van der Waals surface area contributed by atoms with Crippen molar-refractivity contribution in [3.63, 3.8) is 0 Å². The van der Waals surface area contributed by atoms with Crippen LogP contribution >= 0.6 is 15.9 Å². The number of benzene rings is 2. The van der Waals surface area contributed by atoms with Crippen molar-refractivity contribution in [3.8, 4) is 0 Å². The lowest BCUT2D eigenvalue weighted by molar-refractivity contribution is -0.384. The number of nitrogens with zero attached hydrogens (tertiary/aromatic N) is 2. The standard InChI is InChI=1S/C23H26BrN3O4/c24-19-5-3-4-18(16-19)23(10-14-31-15-11-23)25-22(28)17-8-12-26(13-9-17)20-6-1-2-7-21(20)27(29)30/h1-7,16-17H,8-15H2,(H,25,28). The topological polar surface area (TPSA) is 84.7 Å². The Kier molecular flexibility index (Phi) is 6.57. The zero-order valence-corrected chi connectivity index (χ0v) is 18.8. The summed E-state index contributed by atoms with van der Waals surface area (Å²) in [4.78, 5) is 26.3. The Morgan fingerprint density at radius 2 is 1.84 bits per heavy atom. The number of piperidine rings is 1. The van der Waals surface area contributed by atoms with E-state index < -0.39 is 5.54 Å². The van der Waals surface area contributed by atoms with Gasteiger partial charge < -0.3 is 15.0 Å². The molecule has 0 radical (unpaired) electrons. The van der Waals surface area contributed by atoms with Gasteiger partial charge in [-0.15, -0.1) is 0 Å². The number of nitro groups is 1. The minimum absolute atomic E-state index is 0.0593. The van der Waals surface area contributed by atoms with E-state index in [2.05, 4.69) is 33.4 Å². The van der Waals surface area contributed by atoms with Gasteiger partial charge in [-0.2, -0.15) is 0 Å². The van der Waals surface area contributed by atoms with Gasteiger partial charge >= 0.3 is 0 Å². The van der Waals surface area contributed by atoms with Gasteiger partial charge in [-0.05, 0) is 49.4 Å². The Balaban J connectivity index is 1.45. The van der Waals surface area contributed by atoms with Gasteiger partial charge in [0, 0.05) is 42.8 Å². The molecular weight excluding hydrogens is 462 g/mol. The van der Waals surface area contributed by atoms with Crippen molar-refractivity contribution in [1.82, 2.24) is 5.32 Å². The monoisotopic (exact) mass is 487 g/mol. The fourth-order valence-corrected chi connectivity index (χ4v) is 5.00. The van der Waals surface area contributed by atoms with Gasteiger partial charge in [0.1, 0.15) is 5.69 Å². The van der Waals surface area contributed by atoms with Crippen LogP contribution in [0.25, 0.3) is 0 Å². The number of para-hydroxylation sites is 2. The molecule has 1 N–H and O–H groups in total. The maximum Gasteiger partial charge on any atom is 0.292 e. The van der Waals surface area contributed by atoms with Gasteiger partial charge in [-0.1, -0.05) is 40.2 Å². The molecule has 0 unspecified atom stereocenters. The molecule has 8 heteroatoms. The van der Waals surface area contributed by atoms with E-state index in [4.69, 9.17) is 4.74 Å². The molecule has 2 aliphatic rings. The summed E-state index contributed by atoms with van der Waals surface area (Å²) in [6.45, 7) is 2.47. The van der Waals surface area contributed by atoms with E-state index in [1.165, 1.54) is 6.07 Å². The summed E-state index contributed by atoms with van der Waals surface area (Å²) >= 11 is 3.54. The predicted octanol–water partition coefficient (Wildman–Crippen LogP) is 4.40. The Hall–Kier alpha value is -2.45. The molecule has 0 aromatic heterocycles. The first-order valence-corrected chi connectivity index (χ1v) is 11.4. The van der Waals surface area contributed by atoms with Crippen molar-refractivity contribution >= 4 is 33.2 Å². The number of nitro benzene ring substituents is 1. The molecule has 4 rings (SSSR count). The van der Waals surface area contributed by atoms with Gasteiger partial charge in [0.05, 0.1) is 10.5 Å². The van der Waals surface area contributed by atoms with Crippen molar-refractivity contribution in [3.05, 3.63) is 68.7 Å². The van der Waals surface area contributed by atoms with Crippen molar-refractivity contribution in [2.45, 2.75) is 31.2 Å². The Morgan fingerprint density at radius 1 is 1.13 bits per heavy atom. The molecule has 2 aromatic carbocycles. The van der Waals surface area contributed by atoms with E-state index in [1.807, 2.05) is 23.1 Å². The lowest BCUT2D eigenvalue weighted by atomic mass is 9.81. The fraction of sp³-hybridized carbons (Fsp3) is 0.435. The molecule has 164 valence electrons. The van der Waals surface area contributed by atoms with E-state index in [9.17, 15) is 14.9 Å². The first-order chi connectivity index (χ1) is 15.0. The summed E-state index contributed by atoms with van der Waals surface area (Å²) in [5, 5.41) is 14.7. The van der Waals surface area contributed by atoms with Gasteiger partial charge in [0.2, 0.25) is 5.91 Å². The molecule has 0 aliphatic carbocycles. The highest BCUT2D eigenvalue weighted by molar-refractivity contribution is 9.10. The lowest BCUT2D eigenvalue weighted by Crippen LogP contribution is -2.52. The molecule has 0 spiro atoms. The third kappa shape index (κ3) is 4.75. The van der Waals surface area contributed by atoms with Crippen LogP contribution in [-0.4, -0.2) is 37.1 Å². The van der Waals surface area contributed by atoms with Crippen LogP contribution in [0.5, 0.6) is 0 Å². The normalized spacial score (nSPS) is 19.1. The van der Waals surface area contributed by atoms with Crippen LogP contribution in [0.1, 0.15) is 31.2 Å². The minimum Gasteiger partial charge on any atom is -0.381 e. The quantitative estimate of drug-likeness (QED) is 0.499. The van der Waals surface area contributed by atoms with Crippen molar-refractivity contribution in [2.75, 3.05) is 31.2 Å². The van der Waals surface area contributed by atoms with E-state index in [0.29, 0.717) is 44.8 Å². The average molecular weight is 488 g/mol. The third-order valence-electron chi connectivity index (χ3n) is 6.37. The molecular formula is C23H26BrN3O4. The van der Waals surface area contributed by atoms with Gasteiger partial charge in [-0.25, -0.2) is 0 Å². The zero-order chi connectivity index (χ0) is 21.8. The second kappa shape index (κ2) is 9.36. The number of anilines is 1. The zero-order valence-electron chi connectivity index (χ0n) is 17.3. The van der Waals surface area contributed by atoms with Crippen LogP contribution in [0.3, 0.4) is 0 Å². The molecule has 1 amide bonds. The summed E-state index contributed by atoms with van der Waals surface area (Å²) in [5.74, 6) is -0.0463. The number of carbonyl (C=O) groups excluding carboxylic acids is 1. The molecule has 2 heterocycles. The number of rotatable bonds is 5. The second-order valence-electron chi connectivity index (χ2n) is 8.20. The van der Waals surface area contributed by atoms with Crippen LogP contribution in [-0.2, 0) is 15.1 Å². The molecule has 0 saturated carbocycles. The van der Waals surface area contributed by atoms with Gasteiger partial charge in [0.25, 0.3) is 5.69 Å². The molecule has 7 nitrogen and oxygen atoms in total. The minimum atomic E-state index is -0.422. The van der Waals surface area contributed by atoms with E-state index in [0.717, 1.165) is 22.9 Å². The summed E-state index contributed by atoms with van der Waals surface area (Å²) < 4.78 is 6.56. The van der Waals surface area contributed by atoms with Crippen LogP contribution < -0.4 is 10.2 Å². The SMILES string of the molecule is O=C(NC1(c2cccc(Br)c2)CCOCC1)C1CCN(c2ccccc2[N+](=O)[O-])CC1. The second-order valence-corrected chi connectivity index (χ2v) is 9.12. The smallest absolute Gasteiger partial charge is 0.292 e. The van der Waals surface area contributed by atoms with Gasteiger partial charge in [0.15, 0.2) is 0 Å². The first kappa shape index (κ1) is 21.8. The van der Waals surface area contributed by atoms with Crippen LogP contribution in [0.4, 0.5) is 11.4 Å². The molecule has 2 aliphatic heterocycles. The van der Waals surface area contributed by atoms with E-state index in [1.54, 1.807) is 12.1 Å². The van der Waals surface area contributed by atoms with Crippen molar-refractivity contribution in [1.29, 1.82) is 0 Å². The molecule has 2 fully saturated rings. The molecule has 0 bridgehead atoms. The van der Waals surface area contributed by atoms with Gasteiger partial charge in [-0.3, -0.25) is 14.9 Å². The number of hydrogen-bond acceptors (Lipinski definition) is 5. The predicted molar refractivity (Wildman–Crippen MR) is 122 cm³/mol. The van der Waals surface area contributed by atoms with Crippen LogP contribution in [0.2, 0.25) is 0 Å². The van der Waals surface area contributed by atoms with Crippen LogP contribution in [0.15, 0.2) is 53.0 Å². The third-order valence-corrected chi connectivity index (χ3v) is 6.86. The Morgan fingerprint density at radius 3 is 2.52 bits per heavy atom. The summed E-state index contributed by atoms with van der Waals surface area (Å²) in [5.41, 5.74) is 1.41. The number of halogens is 1. The maximum atomic E-state index is 13.3. The maximum absolute atomic E-state index is 13.3. The summed E-state index contributed by atoms with van der Waals surface area (Å²) in [6.07, 6.45) is 2.82. The van der Waals surface area contributed by atoms with Crippen molar-refractivity contribution < 1.29 is 14.5 Å². The molecule has 2 aromatic rings. The Labute approximate surface area is 190 Å². The van der Waals surface area contributed by atoms with E-state index in [-0.39, 0.29) is 22.4 Å². The van der Waals surface area contributed by atoms with Crippen molar-refractivity contribution in [2.24, 2.45) is 5.92 Å². The molecule has 2 saturated heterocycles. The summed E-state index contributed by atoms with van der Waals surface area (Å²) in [6, 6.07) is 14.9. The first-order valence-electron chi connectivity index (χ1n) is 10.6. The summed E-state index contributed by atoms with van der Waals surface area (Å²) in [7, 11) is 0. The number of nitrogens with one attached hydrogen (secondary N) is 1. The molecule has 31 heavy (non-hydrogen) atoms. The highest BCUT2D eigenvalue weighted by Gasteiger charge is 2.38. The number of carbonyl (C=O) groups is 1. The Bertz CT molecular complexity index is 953. The number of ether oxygens (including phenoxy) is 1. The lowest BCUT2D eigenvalue weighted by Gasteiger charge is -2.40. The average Bonchev–Trinajstić information content (AvgIpc) is 2.80. The highest BCUT2D eigenvalue weighted by Crippen LogP contribution is 2.35. The number of amides is 1. The van der Waals surface area contributed by atoms with E-state index >= 15 is 0 Å². The highest BCUT2D eigenvalue weighted by atomic mass is 79.9. The largest absolute Gasteiger partial charge is 0.381 e.